The van der Waals surface area contributed by atoms with Gasteiger partial charge in [0.15, 0.2) is 5.96 Å². The van der Waals surface area contributed by atoms with Crippen molar-refractivity contribution in [1.82, 2.24) is 26.2 Å². The van der Waals surface area contributed by atoms with E-state index in [1.165, 1.54) is 45.0 Å². The smallest absolute Gasteiger partial charge is 0.452 e. The fourth-order valence-corrected chi connectivity index (χ4v) is 5.36. The topological polar surface area (TPSA) is 400 Å². The fraction of sp³-hybridized carbons (Fsp3) is 0.545. The molecule has 0 radical (unpaired) electrons. The normalized spacial score (nSPS) is 13.8. The number of phenols is 1. The van der Waals surface area contributed by atoms with E-state index in [2.05, 4.69) is 26.3 Å². The van der Waals surface area contributed by atoms with E-state index in [0.29, 0.717) is 10.5 Å². The van der Waals surface area contributed by atoms with Crippen molar-refractivity contribution >= 4 is 67.5 Å². The van der Waals surface area contributed by atoms with E-state index < -0.39 is 130 Å². The van der Waals surface area contributed by atoms with Gasteiger partial charge in [-0.3, -0.25) is 43.5 Å². The highest BCUT2D eigenvalue weighted by molar-refractivity contribution is 6.42. The number of aliphatic imine (C=N–C) groups is 1. The average Bonchev–Trinajstić information content (AvgIpc) is 3.12. The molecule has 2 unspecified atom stereocenters. The summed E-state index contributed by atoms with van der Waals surface area (Å²) in [5.74, 6) is -11.1. The molecule has 0 aliphatic heterocycles. The van der Waals surface area contributed by atoms with Gasteiger partial charge in [-0.05, 0) is 56.5 Å². The predicted molar refractivity (Wildman–Crippen MR) is 206 cm³/mol. The first kappa shape index (κ1) is 50.2. The number of amides is 7. The van der Waals surface area contributed by atoms with Crippen LogP contribution in [0.25, 0.3) is 0 Å². The molecule has 7 amide bonds. The van der Waals surface area contributed by atoms with Crippen LogP contribution in [-0.2, 0) is 44.8 Å². The quantitative estimate of drug-likeness (QED) is 0.0190. The second-order valence-electron chi connectivity index (χ2n) is 13.6. The lowest BCUT2D eigenvalue weighted by Gasteiger charge is -2.28. The van der Waals surface area contributed by atoms with Gasteiger partial charge >= 0.3 is 20.2 Å². The molecule has 58 heavy (non-hydrogen) atoms. The summed E-state index contributed by atoms with van der Waals surface area (Å²) in [6.07, 6.45) is -2.19. The lowest BCUT2D eigenvalue weighted by atomic mass is 9.77. The molecule has 0 saturated heterocycles. The largest absolute Gasteiger partial charge is 0.508 e. The molecule has 0 aliphatic carbocycles. The summed E-state index contributed by atoms with van der Waals surface area (Å²) in [4.78, 5) is 108. The second-order valence-corrected chi connectivity index (χ2v) is 13.6. The molecule has 1 rings (SSSR count). The number of nitrogens with one attached hydrogen (secondary N) is 4. The van der Waals surface area contributed by atoms with Crippen molar-refractivity contribution in [3.63, 3.8) is 0 Å². The van der Waals surface area contributed by atoms with Crippen LogP contribution >= 0.6 is 0 Å². The molecule has 16 N–H and O–H groups in total. The summed E-state index contributed by atoms with van der Waals surface area (Å²) in [6, 6.07) is -0.326. The van der Waals surface area contributed by atoms with Crippen molar-refractivity contribution in [2.45, 2.75) is 89.7 Å². The van der Waals surface area contributed by atoms with E-state index in [0.717, 1.165) is 0 Å². The fourth-order valence-electron chi connectivity index (χ4n) is 5.36. The SMILES string of the molecule is CC(CB(O)O)C(=O)N(CC(=O)N[C@@H](CCCN=C(N)N)C(=O)N[C@@H](CCC(N)=O)C(=O)N[C@@H](C)C(=O)N[C@@H](Cc1ccc(O)cc1)C(=O)O)C(=O)C(C)CB(O)O. The number of nitrogens with two attached hydrogens (primary N) is 3. The number of aliphatic carboxylic acids is 1. The van der Waals surface area contributed by atoms with Crippen LogP contribution in [0.5, 0.6) is 5.75 Å². The van der Waals surface area contributed by atoms with Gasteiger partial charge in [0.25, 0.3) is 0 Å². The van der Waals surface area contributed by atoms with Crippen LogP contribution in [0, 0.1) is 11.8 Å². The van der Waals surface area contributed by atoms with Gasteiger partial charge in [0.05, 0.1) is 0 Å². The van der Waals surface area contributed by atoms with E-state index >= 15 is 0 Å². The zero-order valence-corrected chi connectivity index (χ0v) is 32.4. The zero-order chi connectivity index (χ0) is 44.3. The first-order valence-electron chi connectivity index (χ1n) is 18.1. The van der Waals surface area contributed by atoms with Gasteiger partial charge in [0.1, 0.15) is 36.5 Å². The number of phenolic OH excluding ortho intramolecular Hbond substituents is 1. The molecule has 1 aromatic carbocycles. The molecule has 0 fully saturated rings. The number of carboxylic acid groups (broad SMARTS) is 1. The van der Waals surface area contributed by atoms with E-state index in [1.807, 2.05) is 0 Å². The van der Waals surface area contributed by atoms with Gasteiger partial charge in [-0.25, -0.2) is 4.79 Å². The average molecular weight is 821 g/mol. The molecule has 0 saturated carbocycles. The Balaban J connectivity index is 3.30. The number of imide groups is 1. The molecule has 1 aromatic rings. The number of primary amides is 1. The summed E-state index contributed by atoms with van der Waals surface area (Å²) in [5.41, 5.74) is 16.5. The van der Waals surface area contributed by atoms with E-state index in [9.17, 15) is 68.7 Å². The molecule has 0 aliphatic rings. The van der Waals surface area contributed by atoms with Crippen LogP contribution in [-0.4, -0.2) is 140 Å². The van der Waals surface area contributed by atoms with Crippen molar-refractivity contribution in [3.8, 4) is 5.75 Å². The highest BCUT2D eigenvalue weighted by Gasteiger charge is 2.35. The van der Waals surface area contributed by atoms with E-state index in [-0.39, 0.29) is 37.5 Å². The molecular formula is C33H53B2N9O14. The predicted octanol–water partition coefficient (Wildman–Crippen LogP) is -5.13. The minimum absolute atomic E-state index is 0.0324. The van der Waals surface area contributed by atoms with Crippen molar-refractivity contribution in [1.29, 1.82) is 0 Å². The van der Waals surface area contributed by atoms with Crippen LogP contribution in [0.3, 0.4) is 0 Å². The Morgan fingerprint density at radius 3 is 1.71 bits per heavy atom. The maximum Gasteiger partial charge on any atom is 0.452 e. The standard InChI is InChI=1S/C33H53B2N9O14/c1-17(14-34(55)56)30(51)44(31(52)18(2)15-35(57)58)16-26(47)41-22(5-4-12-39-33(37)38)29(50)42-23(10-11-25(36)46)28(49)40-19(3)27(48)43-24(32(53)54)13-20-6-8-21(45)9-7-20/h6-9,17-19,22-24,45,55-58H,4-5,10-16H2,1-3H3,(H2,36,46)(H,40,49)(H,41,47)(H,42,50)(H,43,48)(H,53,54)(H4,37,38,39)/t17?,18?,19-,22-,23-,24-/m0/s1. The number of guanidine groups is 1. The molecule has 320 valence electrons. The van der Waals surface area contributed by atoms with E-state index in [1.54, 1.807) is 0 Å². The van der Waals surface area contributed by atoms with Gasteiger partial charge in [-0.15, -0.1) is 0 Å². The van der Waals surface area contributed by atoms with Crippen LogP contribution in [0.4, 0.5) is 0 Å². The molecule has 0 heterocycles. The maximum absolute atomic E-state index is 13.7. The van der Waals surface area contributed by atoms with Gasteiger partial charge in [-0.2, -0.15) is 0 Å². The summed E-state index contributed by atoms with van der Waals surface area (Å²) in [5, 5.41) is 66.0. The number of benzene rings is 1. The molecule has 0 bridgehead atoms. The third-order valence-corrected chi connectivity index (χ3v) is 8.46. The Morgan fingerprint density at radius 2 is 1.22 bits per heavy atom. The van der Waals surface area contributed by atoms with Crippen LogP contribution < -0.4 is 38.5 Å². The monoisotopic (exact) mass is 821 g/mol. The van der Waals surface area contributed by atoms with E-state index in [4.69, 9.17) is 17.2 Å². The first-order valence-corrected chi connectivity index (χ1v) is 18.1. The van der Waals surface area contributed by atoms with Crippen molar-refractivity contribution in [2.24, 2.45) is 34.0 Å². The summed E-state index contributed by atoms with van der Waals surface area (Å²) >= 11 is 0. The third kappa shape index (κ3) is 18.9. The summed E-state index contributed by atoms with van der Waals surface area (Å²) in [6.45, 7) is 2.71. The minimum Gasteiger partial charge on any atom is -0.508 e. The summed E-state index contributed by atoms with van der Waals surface area (Å²) < 4.78 is 0. The van der Waals surface area contributed by atoms with Gasteiger partial charge in [0.2, 0.25) is 41.4 Å². The Morgan fingerprint density at radius 1 is 0.724 bits per heavy atom. The highest BCUT2D eigenvalue weighted by Crippen LogP contribution is 2.16. The summed E-state index contributed by atoms with van der Waals surface area (Å²) in [7, 11) is -3.90. The highest BCUT2D eigenvalue weighted by atomic mass is 16.4. The van der Waals surface area contributed by atoms with Crippen LogP contribution in [0.1, 0.15) is 52.0 Å². The number of hydrogen-bond acceptors (Lipinski definition) is 14. The number of nitrogens with zero attached hydrogens (tertiary/aromatic N) is 2. The molecule has 23 nitrogen and oxygen atoms in total. The number of carbonyl (C=O) groups excluding carboxylic acids is 7. The van der Waals surface area contributed by atoms with Gasteiger partial charge in [0, 0.05) is 31.2 Å². The Bertz CT molecular complexity index is 1600. The lowest BCUT2D eigenvalue weighted by Crippen LogP contribution is -2.58. The van der Waals surface area contributed by atoms with Crippen molar-refractivity contribution < 1.29 is 68.7 Å². The number of hydrogen-bond donors (Lipinski definition) is 13. The van der Waals surface area contributed by atoms with Crippen LogP contribution in [0.2, 0.25) is 12.6 Å². The number of rotatable bonds is 25. The van der Waals surface area contributed by atoms with Crippen LogP contribution in [0.15, 0.2) is 29.3 Å². The number of carboxylic acids is 1. The first-order chi connectivity index (χ1) is 27.0. The second kappa shape index (κ2) is 24.8. The van der Waals surface area contributed by atoms with Gasteiger partial charge < -0.3 is 68.8 Å². The Hall–Kier alpha value is -5.78. The maximum atomic E-state index is 13.7. The molecular weight excluding hydrogens is 768 g/mol. The number of aromatic hydroxyl groups is 1. The zero-order valence-electron chi connectivity index (χ0n) is 32.4. The number of carbonyl (C=O) groups is 8. The van der Waals surface area contributed by atoms with Crippen molar-refractivity contribution in [2.75, 3.05) is 13.1 Å². The third-order valence-electron chi connectivity index (χ3n) is 8.46. The minimum atomic E-state index is -1.95. The van der Waals surface area contributed by atoms with Crippen molar-refractivity contribution in [3.05, 3.63) is 29.8 Å². The Labute approximate surface area is 334 Å². The molecule has 0 aromatic heterocycles. The van der Waals surface area contributed by atoms with Gasteiger partial charge in [-0.1, -0.05) is 26.0 Å². The Kier molecular flexibility index (Phi) is 21.5. The molecule has 25 heteroatoms. The molecule has 6 atom stereocenters. The lowest BCUT2D eigenvalue weighted by molar-refractivity contribution is -0.152. The molecule has 0 spiro atoms.